The van der Waals surface area contributed by atoms with Crippen LogP contribution >= 0.6 is 34.5 Å². The van der Waals surface area contributed by atoms with Crippen LogP contribution in [0.3, 0.4) is 0 Å². The minimum absolute atomic E-state index is 0.177. The molecule has 0 aliphatic heterocycles. The van der Waals surface area contributed by atoms with Gasteiger partial charge in [-0.1, -0.05) is 23.2 Å². The summed E-state index contributed by atoms with van der Waals surface area (Å²) in [6.45, 7) is 2.02. The number of thiophene rings is 1. The minimum Gasteiger partial charge on any atom is -0.312 e. The Hall–Kier alpha value is -0.610. The van der Waals surface area contributed by atoms with Crippen molar-refractivity contribution < 1.29 is 0 Å². The van der Waals surface area contributed by atoms with Gasteiger partial charge in [-0.3, -0.25) is 4.98 Å². The Morgan fingerprint density at radius 3 is 2.78 bits per heavy atom. The first-order chi connectivity index (χ1) is 8.63. The van der Waals surface area contributed by atoms with Gasteiger partial charge in [0.15, 0.2) is 0 Å². The molecule has 1 N–H and O–H groups in total. The molecule has 2 aromatic heterocycles. The zero-order valence-electron chi connectivity index (χ0n) is 10.2. The number of hydrogen-bond acceptors (Lipinski definition) is 3. The second kappa shape index (κ2) is 6.02. The molecule has 0 aliphatic rings. The van der Waals surface area contributed by atoms with E-state index in [9.17, 15) is 0 Å². The fourth-order valence-corrected chi connectivity index (χ4v) is 3.43. The van der Waals surface area contributed by atoms with Gasteiger partial charge in [-0.15, -0.1) is 11.3 Å². The maximum absolute atomic E-state index is 6.31. The predicted octanol–water partition coefficient (Wildman–Crippen LogP) is 4.26. The summed E-state index contributed by atoms with van der Waals surface area (Å²) in [4.78, 5) is 5.15. The molecule has 2 aromatic rings. The van der Waals surface area contributed by atoms with Crippen LogP contribution in [0.2, 0.25) is 10.0 Å². The summed E-state index contributed by atoms with van der Waals surface area (Å²) < 4.78 is 0. The van der Waals surface area contributed by atoms with Crippen LogP contribution in [-0.4, -0.2) is 12.0 Å². The van der Waals surface area contributed by atoms with Gasteiger partial charge in [0.1, 0.15) is 0 Å². The summed E-state index contributed by atoms with van der Waals surface area (Å²) in [6.07, 6.45) is 4.23. The first-order valence-electron chi connectivity index (χ1n) is 5.62. The lowest BCUT2D eigenvalue weighted by Crippen LogP contribution is -2.18. The summed E-state index contributed by atoms with van der Waals surface area (Å²) in [6, 6.07) is 2.12. The number of likely N-dealkylation sites (N-methyl/N-ethyl adjacent to an activating group) is 1. The van der Waals surface area contributed by atoms with Gasteiger partial charge >= 0.3 is 0 Å². The molecule has 5 heteroatoms. The summed E-state index contributed by atoms with van der Waals surface area (Å²) in [5, 5.41) is 6.92. The molecule has 0 fully saturated rings. The molecule has 0 bridgehead atoms. The summed E-state index contributed by atoms with van der Waals surface area (Å²) in [5.41, 5.74) is 2.20. The molecule has 96 valence electrons. The average molecular weight is 301 g/mol. The molecular weight excluding hydrogens is 287 g/mol. The average Bonchev–Trinajstić information content (AvgIpc) is 2.70. The number of aromatic nitrogens is 1. The lowest BCUT2D eigenvalue weighted by Gasteiger charge is -2.16. The van der Waals surface area contributed by atoms with Crippen LogP contribution in [-0.2, 0) is 6.42 Å². The first kappa shape index (κ1) is 13.8. The molecule has 2 heterocycles. The normalized spacial score (nSPS) is 12.7. The predicted molar refractivity (Wildman–Crippen MR) is 78.8 cm³/mol. The van der Waals surface area contributed by atoms with E-state index in [2.05, 4.69) is 15.7 Å². The highest BCUT2D eigenvalue weighted by Gasteiger charge is 2.18. The van der Waals surface area contributed by atoms with Gasteiger partial charge in [-0.25, -0.2) is 0 Å². The number of halogens is 2. The largest absolute Gasteiger partial charge is 0.312 e. The van der Waals surface area contributed by atoms with Gasteiger partial charge < -0.3 is 5.32 Å². The lowest BCUT2D eigenvalue weighted by atomic mass is 10.1. The Morgan fingerprint density at radius 1 is 1.44 bits per heavy atom. The van der Waals surface area contributed by atoms with Crippen molar-refractivity contribution in [2.45, 2.75) is 19.4 Å². The molecule has 2 rings (SSSR count). The number of nitrogens with one attached hydrogen (secondary N) is 1. The van der Waals surface area contributed by atoms with Gasteiger partial charge in [0.2, 0.25) is 0 Å². The van der Waals surface area contributed by atoms with Crippen LogP contribution in [0.15, 0.2) is 23.8 Å². The SMILES string of the molecule is CNC(Cc1ccncc1Cl)c1scc(C)c1Cl. The molecule has 0 amide bonds. The lowest BCUT2D eigenvalue weighted by molar-refractivity contribution is 0.602. The molecule has 1 unspecified atom stereocenters. The highest BCUT2D eigenvalue weighted by molar-refractivity contribution is 7.10. The Labute approximate surface area is 121 Å². The molecule has 2 nitrogen and oxygen atoms in total. The topological polar surface area (TPSA) is 24.9 Å². The van der Waals surface area contributed by atoms with E-state index in [-0.39, 0.29) is 6.04 Å². The smallest absolute Gasteiger partial charge is 0.0622 e. The Kier molecular flexibility index (Phi) is 4.62. The Bertz CT molecular complexity index is 540. The maximum Gasteiger partial charge on any atom is 0.0622 e. The summed E-state index contributed by atoms with van der Waals surface area (Å²) in [7, 11) is 1.94. The van der Waals surface area contributed by atoms with Crippen LogP contribution in [0.5, 0.6) is 0 Å². The van der Waals surface area contributed by atoms with E-state index in [1.807, 2.05) is 20.0 Å². The number of rotatable bonds is 4. The fraction of sp³-hybridized carbons (Fsp3) is 0.308. The molecule has 0 radical (unpaired) electrons. The van der Waals surface area contributed by atoms with E-state index in [4.69, 9.17) is 23.2 Å². The monoisotopic (exact) mass is 300 g/mol. The third-order valence-electron chi connectivity index (χ3n) is 2.87. The minimum atomic E-state index is 0.177. The van der Waals surface area contributed by atoms with E-state index >= 15 is 0 Å². The molecule has 0 aliphatic carbocycles. The van der Waals surface area contributed by atoms with Crippen LogP contribution in [0.4, 0.5) is 0 Å². The molecule has 0 saturated heterocycles. The quantitative estimate of drug-likeness (QED) is 0.912. The number of pyridine rings is 1. The van der Waals surface area contributed by atoms with Crippen LogP contribution in [0.1, 0.15) is 22.0 Å². The highest BCUT2D eigenvalue weighted by atomic mass is 35.5. The van der Waals surface area contributed by atoms with Gasteiger partial charge in [-0.05, 0) is 43.0 Å². The third-order valence-corrected chi connectivity index (χ3v) is 5.04. The van der Waals surface area contributed by atoms with Crippen LogP contribution < -0.4 is 5.32 Å². The van der Waals surface area contributed by atoms with Crippen molar-refractivity contribution >= 4 is 34.5 Å². The van der Waals surface area contributed by atoms with Crippen molar-refractivity contribution in [1.29, 1.82) is 0 Å². The number of hydrogen-bond donors (Lipinski definition) is 1. The summed E-state index contributed by atoms with van der Waals surface area (Å²) in [5.74, 6) is 0. The van der Waals surface area contributed by atoms with Gasteiger partial charge in [-0.2, -0.15) is 0 Å². The van der Waals surface area contributed by atoms with Crippen molar-refractivity contribution in [2.24, 2.45) is 0 Å². The Morgan fingerprint density at radius 2 is 2.22 bits per heavy atom. The number of nitrogens with zero attached hydrogens (tertiary/aromatic N) is 1. The van der Waals surface area contributed by atoms with Gasteiger partial charge in [0.05, 0.1) is 10.0 Å². The van der Waals surface area contributed by atoms with E-state index in [1.54, 1.807) is 23.7 Å². The zero-order chi connectivity index (χ0) is 13.1. The molecule has 18 heavy (non-hydrogen) atoms. The van der Waals surface area contributed by atoms with E-state index in [1.165, 1.54) is 0 Å². The van der Waals surface area contributed by atoms with Gasteiger partial charge in [0.25, 0.3) is 0 Å². The van der Waals surface area contributed by atoms with Gasteiger partial charge in [0, 0.05) is 23.3 Å². The zero-order valence-corrected chi connectivity index (χ0v) is 12.5. The molecule has 1 atom stereocenters. The standard InChI is InChI=1S/C13H14Cl2N2S/c1-8-7-18-13(12(8)15)11(16-2)5-9-3-4-17-6-10(9)14/h3-4,6-7,11,16H,5H2,1-2H3. The van der Waals surface area contributed by atoms with Crippen molar-refractivity contribution in [3.63, 3.8) is 0 Å². The molecule has 0 spiro atoms. The Balaban J connectivity index is 2.25. The molecule has 0 aromatic carbocycles. The number of aryl methyl sites for hydroxylation is 1. The van der Waals surface area contributed by atoms with Crippen LogP contribution in [0.25, 0.3) is 0 Å². The maximum atomic E-state index is 6.31. The van der Waals surface area contributed by atoms with Crippen molar-refractivity contribution in [2.75, 3.05) is 7.05 Å². The fourth-order valence-electron chi connectivity index (χ4n) is 1.80. The summed E-state index contributed by atoms with van der Waals surface area (Å²) >= 11 is 14.1. The second-order valence-electron chi connectivity index (χ2n) is 4.11. The second-order valence-corrected chi connectivity index (χ2v) is 5.81. The third kappa shape index (κ3) is 2.86. The van der Waals surface area contributed by atoms with Crippen molar-refractivity contribution in [3.8, 4) is 0 Å². The molecular formula is C13H14Cl2N2S. The van der Waals surface area contributed by atoms with Crippen molar-refractivity contribution in [3.05, 3.63) is 49.9 Å². The van der Waals surface area contributed by atoms with E-state index < -0.39 is 0 Å². The first-order valence-corrected chi connectivity index (χ1v) is 7.26. The molecule has 0 saturated carbocycles. The van der Waals surface area contributed by atoms with E-state index in [0.717, 1.165) is 27.4 Å². The highest BCUT2D eigenvalue weighted by Crippen LogP contribution is 2.34. The van der Waals surface area contributed by atoms with E-state index in [0.29, 0.717) is 5.02 Å². The van der Waals surface area contributed by atoms with Crippen LogP contribution in [0, 0.1) is 6.92 Å². The van der Waals surface area contributed by atoms with Crippen molar-refractivity contribution in [1.82, 2.24) is 10.3 Å².